The predicted molar refractivity (Wildman–Crippen MR) is 169 cm³/mol. The van der Waals surface area contributed by atoms with Gasteiger partial charge in [-0.2, -0.15) is 10.2 Å². The standard InChI is InChI=1S/C32H41N9O6/c1-5-45-29(42)26-13-14-35-40(26)16-15-39-24(20-34-38-39)19-33-30(43)47-25-12-11-23(17-25)27-18-28(37-41(27)32(2,3)4)36-31(44)46-21-22-9-7-6-8-10-22/h6-10,13-14,18,20,23,25H,5,11-12,15-17,19,21H2,1-4H3,(H,33,43)(H,36,37,44)/t23-,25+/m0/s1. The van der Waals surface area contributed by atoms with Crippen molar-refractivity contribution >= 4 is 24.0 Å². The molecule has 250 valence electrons. The molecule has 0 spiro atoms. The van der Waals surface area contributed by atoms with Crippen LogP contribution < -0.4 is 10.6 Å². The van der Waals surface area contributed by atoms with Crippen molar-refractivity contribution < 1.29 is 28.6 Å². The SMILES string of the molecule is CCOC(=O)c1ccnn1CCn1nncc1CNC(=O)O[C@@H]1CC[C@H](c2cc(NC(=O)OCc3ccccc3)nn2C(C)(C)C)C1. The summed E-state index contributed by atoms with van der Waals surface area (Å²) in [7, 11) is 0. The number of hydrogen-bond acceptors (Lipinski definition) is 10. The average Bonchev–Trinajstić information content (AvgIpc) is 3.85. The number of nitrogens with one attached hydrogen (secondary N) is 2. The van der Waals surface area contributed by atoms with Crippen molar-refractivity contribution in [2.75, 3.05) is 11.9 Å². The van der Waals surface area contributed by atoms with E-state index in [1.807, 2.05) is 61.9 Å². The molecule has 3 heterocycles. The number of nitrogens with zero attached hydrogens (tertiary/aromatic N) is 7. The summed E-state index contributed by atoms with van der Waals surface area (Å²) in [6.07, 6.45) is 3.83. The Labute approximate surface area is 272 Å². The summed E-state index contributed by atoms with van der Waals surface area (Å²) < 4.78 is 21.3. The van der Waals surface area contributed by atoms with E-state index in [9.17, 15) is 14.4 Å². The van der Waals surface area contributed by atoms with Crippen LogP contribution in [0.25, 0.3) is 0 Å². The van der Waals surface area contributed by atoms with Gasteiger partial charge in [0.05, 0.1) is 43.7 Å². The maximum absolute atomic E-state index is 12.8. The molecule has 1 aliphatic carbocycles. The first-order chi connectivity index (χ1) is 22.6. The lowest BCUT2D eigenvalue weighted by atomic mass is 10.0. The number of carbonyl (C=O) groups excluding carboxylic acids is 3. The summed E-state index contributed by atoms with van der Waals surface area (Å²) in [6.45, 7) is 9.23. The van der Waals surface area contributed by atoms with Crippen LogP contribution in [0.15, 0.2) is 54.9 Å². The van der Waals surface area contributed by atoms with Crippen LogP contribution in [-0.2, 0) is 46.0 Å². The zero-order valence-corrected chi connectivity index (χ0v) is 27.1. The van der Waals surface area contributed by atoms with E-state index in [1.54, 1.807) is 28.6 Å². The predicted octanol–water partition coefficient (Wildman–Crippen LogP) is 4.61. The molecule has 15 nitrogen and oxygen atoms in total. The van der Waals surface area contributed by atoms with Crippen LogP contribution in [0.2, 0.25) is 0 Å². The maximum atomic E-state index is 12.8. The summed E-state index contributed by atoms with van der Waals surface area (Å²) in [5.41, 5.74) is 2.54. The van der Waals surface area contributed by atoms with Gasteiger partial charge in [0.1, 0.15) is 18.4 Å². The summed E-state index contributed by atoms with van der Waals surface area (Å²) in [6, 6.07) is 12.9. The fraction of sp³-hybridized carbons (Fsp3) is 0.469. The molecule has 0 unspecified atom stereocenters. The molecule has 3 aromatic heterocycles. The molecule has 2 N–H and O–H groups in total. The van der Waals surface area contributed by atoms with Crippen LogP contribution in [0.3, 0.4) is 0 Å². The van der Waals surface area contributed by atoms with Gasteiger partial charge in [-0.1, -0.05) is 35.5 Å². The fourth-order valence-electron chi connectivity index (χ4n) is 5.50. The minimum Gasteiger partial charge on any atom is -0.461 e. The Balaban J connectivity index is 1.12. The van der Waals surface area contributed by atoms with Crippen LogP contribution in [0.1, 0.15) is 80.3 Å². The first-order valence-corrected chi connectivity index (χ1v) is 15.7. The first kappa shape index (κ1) is 33.2. The molecule has 15 heteroatoms. The van der Waals surface area contributed by atoms with Crippen molar-refractivity contribution in [1.29, 1.82) is 0 Å². The van der Waals surface area contributed by atoms with Crippen molar-refractivity contribution in [3.63, 3.8) is 0 Å². The summed E-state index contributed by atoms with van der Waals surface area (Å²) in [4.78, 5) is 37.4. The first-order valence-electron chi connectivity index (χ1n) is 15.7. The van der Waals surface area contributed by atoms with Gasteiger partial charge in [-0.3, -0.25) is 14.7 Å². The number of benzene rings is 1. The van der Waals surface area contributed by atoms with Crippen molar-refractivity contribution in [3.05, 3.63) is 77.5 Å². The zero-order valence-electron chi connectivity index (χ0n) is 27.1. The molecule has 5 rings (SSSR count). The number of alkyl carbamates (subject to hydrolysis) is 1. The second-order valence-corrected chi connectivity index (χ2v) is 12.2. The van der Waals surface area contributed by atoms with Gasteiger partial charge in [0, 0.05) is 23.9 Å². The van der Waals surface area contributed by atoms with Crippen molar-refractivity contribution in [2.45, 2.75) is 90.8 Å². The van der Waals surface area contributed by atoms with Gasteiger partial charge >= 0.3 is 18.2 Å². The Morgan fingerprint density at radius 1 is 1.00 bits per heavy atom. The van der Waals surface area contributed by atoms with Gasteiger partial charge in [-0.25, -0.2) is 19.1 Å². The molecule has 0 aliphatic heterocycles. The Hall–Kier alpha value is -5.21. The molecule has 0 radical (unpaired) electrons. The second-order valence-electron chi connectivity index (χ2n) is 12.2. The Morgan fingerprint density at radius 2 is 1.79 bits per heavy atom. The Kier molecular flexibility index (Phi) is 10.5. The molecule has 2 amide bonds. The molecule has 1 saturated carbocycles. The molecular weight excluding hydrogens is 606 g/mol. The van der Waals surface area contributed by atoms with Crippen molar-refractivity contribution in [1.82, 2.24) is 39.9 Å². The number of ether oxygens (including phenoxy) is 3. The quantitative estimate of drug-likeness (QED) is 0.164. The topological polar surface area (TPSA) is 169 Å². The van der Waals surface area contributed by atoms with E-state index in [1.165, 1.54) is 6.20 Å². The molecule has 1 fully saturated rings. The third-order valence-electron chi connectivity index (χ3n) is 7.73. The fourth-order valence-corrected chi connectivity index (χ4v) is 5.50. The number of esters is 1. The van der Waals surface area contributed by atoms with Crippen LogP contribution in [0.4, 0.5) is 15.4 Å². The lowest BCUT2D eigenvalue weighted by Crippen LogP contribution is -2.29. The minimum absolute atomic E-state index is 0.0860. The van der Waals surface area contributed by atoms with Crippen LogP contribution in [-0.4, -0.2) is 65.4 Å². The lowest BCUT2D eigenvalue weighted by Gasteiger charge is -2.24. The zero-order chi connectivity index (χ0) is 33.4. The number of hydrogen-bond donors (Lipinski definition) is 2. The average molecular weight is 648 g/mol. The monoisotopic (exact) mass is 647 g/mol. The number of rotatable bonds is 12. The summed E-state index contributed by atoms with van der Waals surface area (Å²) >= 11 is 0. The maximum Gasteiger partial charge on any atom is 0.413 e. The van der Waals surface area contributed by atoms with Gasteiger partial charge in [0.25, 0.3) is 0 Å². The molecule has 0 saturated heterocycles. The largest absolute Gasteiger partial charge is 0.461 e. The molecular formula is C32H41N9O6. The van der Waals surface area contributed by atoms with Gasteiger partial charge < -0.3 is 19.5 Å². The van der Waals surface area contributed by atoms with E-state index in [4.69, 9.17) is 14.2 Å². The number of aryl methyl sites for hydroxylation is 2. The minimum atomic E-state index is -0.581. The van der Waals surface area contributed by atoms with Gasteiger partial charge in [-0.05, 0) is 58.6 Å². The van der Waals surface area contributed by atoms with Crippen LogP contribution in [0.5, 0.6) is 0 Å². The van der Waals surface area contributed by atoms with Crippen LogP contribution in [0, 0.1) is 0 Å². The highest BCUT2D eigenvalue weighted by Crippen LogP contribution is 2.38. The third kappa shape index (κ3) is 8.74. The molecule has 1 aromatic carbocycles. The third-order valence-corrected chi connectivity index (χ3v) is 7.73. The van der Waals surface area contributed by atoms with Crippen molar-refractivity contribution in [3.8, 4) is 0 Å². The highest BCUT2D eigenvalue weighted by Gasteiger charge is 2.33. The van der Waals surface area contributed by atoms with Crippen LogP contribution >= 0.6 is 0 Å². The van der Waals surface area contributed by atoms with E-state index < -0.39 is 18.2 Å². The number of amides is 2. The van der Waals surface area contributed by atoms with Crippen molar-refractivity contribution in [2.24, 2.45) is 0 Å². The second kappa shape index (κ2) is 14.9. The number of anilines is 1. The number of aromatic nitrogens is 7. The van der Waals surface area contributed by atoms with E-state index in [-0.39, 0.29) is 37.3 Å². The normalized spacial score (nSPS) is 16.1. The van der Waals surface area contributed by atoms with E-state index in [0.717, 1.165) is 17.7 Å². The molecule has 47 heavy (non-hydrogen) atoms. The molecule has 0 bridgehead atoms. The highest BCUT2D eigenvalue weighted by atomic mass is 16.6. The molecule has 2 atom stereocenters. The summed E-state index contributed by atoms with van der Waals surface area (Å²) in [5.74, 6) is 0.0504. The Morgan fingerprint density at radius 3 is 2.55 bits per heavy atom. The van der Waals surface area contributed by atoms with Gasteiger partial charge in [-0.15, -0.1) is 5.10 Å². The Bertz CT molecular complexity index is 1660. The van der Waals surface area contributed by atoms with E-state index in [0.29, 0.717) is 43.1 Å². The molecule has 1 aliphatic rings. The van der Waals surface area contributed by atoms with E-state index in [2.05, 4.69) is 31.1 Å². The highest BCUT2D eigenvalue weighted by molar-refractivity contribution is 5.87. The molecule has 4 aromatic rings. The number of carbonyl (C=O) groups is 3. The van der Waals surface area contributed by atoms with Gasteiger partial charge in [0.2, 0.25) is 0 Å². The smallest absolute Gasteiger partial charge is 0.413 e. The summed E-state index contributed by atoms with van der Waals surface area (Å²) in [5, 5.41) is 22.5. The lowest BCUT2D eigenvalue weighted by molar-refractivity contribution is 0.0511. The van der Waals surface area contributed by atoms with E-state index >= 15 is 0 Å². The van der Waals surface area contributed by atoms with Gasteiger partial charge in [0.15, 0.2) is 5.82 Å².